The fourth-order valence-corrected chi connectivity index (χ4v) is 1.74. The van der Waals surface area contributed by atoms with Crippen molar-refractivity contribution in [2.24, 2.45) is 10.7 Å². The standard InChI is InChI=1S/C13H11N3O2/c1-2-18-13(17)10(7-14)11-8-5-3-4-6-9(8)12(15)16-11/h3-6H,2H2,1H3,(H2,15,16)/b11-10+. The van der Waals surface area contributed by atoms with Gasteiger partial charge in [-0.25, -0.2) is 9.79 Å². The van der Waals surface area contributed by atoms with Gasteiger partial charge in [-0.3, -0.25) is 0 Å². The number of hydrogen-bond donors (Lipinski definition) is 1. The number of hydrogen-bond acceptors (Lipinski definition) is 5. The average Bonchev–Trinajstić information content (AvgIpc) is 2.69. The van der Waals surface area contributed by atoms with Gasteiger partial charge in [-0.05, 0) is 6.92 Å². The SMILES string of the molecule is CCOC(=O)/C(C#N)=C1/N=C(N)c2ccccc21. The summed E-state index contributed by atoms with van der Waals surface area (Å²) in [4.78, 5) is 15.7. The van der Waals surface area contributed by atoms with Gasteiger partial charge in [-0.15, -0.1) is 0 Å². The first-order chi connectivity index (χ1) is 8.69. The van der Waals surface area contributed by atoms with Crippen LogP contribution in [-0.4, -0.2) is 18.4 Å². The maximum absolute atomic E-state index is 11.7. The van der Waals surface area contributed by atoms with Gasteiger partial charge in [0.05, 0.1) is 12.3 Å². The molecule has 0 saturated carbocycles. The zero-order valence-electron chi connectivity index (χ0n) is 9.80. The number of carbonyl (C=O) groups excluding carboxylic acids is 1. The molecule has 1 heterocycles. The molecule has 0 amide bonds. The van der Waals surface area contributed by atoms with Crippen LogP contribution in [0, 0.1) is 11.3 Å². The molecule has 90 valence electrons. The van der Waals surface area contributed by atoms with Crippen molar-refractivity contribution < 1.29 is 9.53 Å². The van der Waals surface area contributed by atoms with Gasteiger partial charge in [0.2, 0.25) is 0 Å². The van der Waals surface area contributed by atoms with Crippen molar-refractivity contribution in [2.75, 3.05) is 6.61 Å². The first-order valence-corrected chi connectivity index (χ1v) is 5.44. The molecule has 0 spiro atoms. The topological polar surface area (TPSA) is 88.5 Å². The Balaban J connectivity index is 2.58. The Morgan fingerprint density at radius 3 is 2.72 bits per heavy atom. The zero-order valence-corrected chi connectivity index (χ0v) is 9.80. The molecule has 0 saturated heterocycles. The lowest BCUT2D eigenvalue weighted by Crippen LogP contribution is -2.09. The van der Waals surface area contributed by atoms with Crippen molar-refractivity contribution in [2.45, 2.75) is 6.92 Å². The van der Waals surface area contributed by atoms with E-state index in [-0.39, 0.29) is 17.9 Å². The Morgan fingerprint density at radius 2 is 2.11 bits per heavy atom. The molecule has 5 heteroatoms. The maximum Gasteiger partial charge on any atom is 0.351 e. The van der Waals surface area contributed by atoms with E-state index in [9.17, 15) is 4.79 Å². The van der Waals surface area contributed by atoms with Gasteiger partial charge in [-0.2, -0.15) is 5.26 Å². The van der Waals surface area contributed by atoms with Crippen LogP contribution in [0.3, 0.4) is 0 Å². The lowest BCUT2D eigenvalue weighted by molar-refractivity contribution is -0.137. The van der Waals surface area contributed by atoms with Crippen molar-refractivity contribution in [3.05, 3.63) is 41.0 Å². The molecule has 0 unspecified atom stereocenters. The Kier molecular flexibility index (Phi) is 3.11. The molecular weight excluding hydrogens is 230 g/mol. The minimum atomic E-state index is -0.678. The highest BCUT2D eigenvalue weighted by Crippen LogP contribution is 2.30. The van der Waals surface area contributed by atoms with E-state index in [0.29, 0.717) is 11.4 Å². The van der Waals surface area contributed by atoms with Crippen molar-refractivity contribution in [3.8, 4) is 6.07 Å². The van der Waals surface area contributed by atoms with Gasteiger partial charge in [0, 0.05) is 11.1 Å². The minimum absolute atomic E-state index is 0.121. The van der Waals surface area contributed by atoms with E-state index < -0.39 is 5.97 Å². The molecule has 0 aromatic heterocycles. The third-order valence-corrected chi connectivity index (χ3v) is 2.52. The first kappa shape index (κ1) is 11.9. The quantitative estimate of drug-likeness (QED) is 0.478. The van der Waals surface area contributed by atoms with E-state index in [2.05, 4.69) is 4.99 Å². The summed E-state index contributed by atoms with van der Waals surface area (Å²) < 4.78 is 4.83. The van der Waals surface area contributed by atoms with Crippen LogP contribution in [0.2, 0.25) is 0 Å². The predicted molar refractivity (Wildman–Crippen MR) is 66.3 cm³/mol. The van der Waals surface area contributed by atoms with Gasteiger partial charge >= 0.3 is 5.97 Å². The molecule has 1 aromatic carbocycles. The van der Waals surface area contributed by atoms with Crippen LogP contribution in [0.1, 0.15) is 18.1 Å². The van der Waals surface area contributed by atoms with Gasteiger partial charge in [-0.1, -0.05) is 24.3 Å². The predicted octanol–water partition coefficient (Wildman–Crippen LogP) is 1.20. The third kappa shape index (κ3) is 1.84. The lowest BCUT2D eigenvalue weighted by atomic mass is 10.0. The molecule has 0 bridgehead atoms. The summed E-state index contributed by atoms with van der Waals surface area (Å²) in [7, 11) is 0. The van der Waals surface area contributed by atoms with Crippen LogP contribution < -0.4 is 5.73 Å². The Hall–Kier alpha value is -2.61. The number of nitriles is 1. The van der Waals surface area contributed by atoms with Gasteiger partial charge in [0.15, 0.2) is 5.57 Å². The minimum Gasteiger partial charge on any atom is -0.462 e. The Labute approximate surface area is 104 Å². The van der Waals surface area contributed by atoms with Crippen LogP contribution >= 0.6 is 0 Å². The number of carbonyl (C=O) groups is 1. The van der Waals surface area contributed by atoms with Crippen LogP contribution in [0.5, 0.6) is 0 Å². The zero-order chi connectivity index (χ0) is 13.1. The summed E-state index contributed by atoms with van der Waals surface area (Å²) in [5, 5.41) is 9.08. The number of esters is 1. The Morgan fingerprint density at radius 1 is 1.44 bits per heavy atom. The number of rotatable bonds is 2. The smallest absolute Gasteiger partial charge is 0.351 e. The highest BCUT2D eigenvalue weighted by atomic mass is 16.5. The molecular formula is C13H11N3O2. The number of nitrogens with two attached hydrogens (primary N) is 1. The third-order valence-electron chi connectivity index (χ3n) is 2.52. The largest absolute Gasteiger partial charge is 0.462 e. The molecule has 1 aliphatic heterocycles. The fraction of sp³-hybridized carbons (Fsp3) is 0.154. The van der Waals surface area contributed by atoms with E-state index in [1.54, 1.807) is 25.1 Å². The van der Waals surface area contributed by atoms with Crippen LogP contribution in [0.25, 0.3) is 5.70 Å². The normalized spacial score (nSPS) is 15.4. The second kappa shape index (κ2) is 4.72. The molecule has 1 aliphatic rings. The number of amidine groups is 1. The van der Waals surface area contributed by atoms with Crippen molar-refractivity contribution in [1.82, 2.24) is 0 Å². The fourth-order valence-electron chi connectivity index (χ4n) is 1.74. The molecule has 18 heavy (non-hydrogen) atoms. The van der Waals surface area contributed by atoms with Crippen molar-refractivity contribution in [3.63, 3.8) is 0 Å². The molecule has 0 aliphatic carbocycles. The first-order valence-electron chi connectivity index (χ1n) is 5.44. The molecule has 2 N–H and O–H groups in total. The number of benzene rings is 1. The van der Waals surface area contributed by atoms with Gasteiger partial charge < -0.3 is 10.5 Å². The average molecular weight is 241 g/mol. The molecule has 0 radical (unpaired) electrons. The van der Waals surface area contributed by atoms with E-state index in [1.807, 2.05) is 12.1 Å². The van der Waals surface area contributed by atoms with E-state index in [4.69, 9.17) is 15.7 Å². The number of aliphatic imine (C=N–C) groups is 1. The van der Waals surface area contributed by atoms with Crippen LogP contribution in [0.15, 0.2) is 34.8 Å². The number of nitrogens with zero attached hydrogens (tertiary/aromatic N) is 2. The summed E-state index contributed by atoms with van der Waals surface area (Å²) in [6.07, 6.45) is 0. The van der Waals surface area contributed by atoms with Crippen molar-refractivity contribution >= 4 is 17.5 Å². The monoisotopic (exact) mass is 241 g/mol. The molecule has 5 nitrogen and oxygen atoms in total. The van der Waals surface area contributed by atoms with Crippen LogP contribution in [-0.2, 0) is 9.53 Å². The number of fused-ring (bicyclic) bond motifs is 1. The molecule has 0 fully saturated rings. The van der Waals surface area contributed by atoms with E-state index >= 15 is 0 Å². The van der Waals surface area contributed by atoms with E-state index in [1.165, 1.54) is 0 Å². The second-order valence-electron chi connectivity index (χ2n) is 3.60. The highest BCUT2D eigenvalue weighted by Gasteiger charge is 2.25. The molecule has 2 rings (SSSR count). The summed E-state index contributed by atoms with van der Waals surface area (Å²) in [5.74, 6) is -0.374. The van der Waals surface area contributed by atoms with E-state index in [0.717, 1.165) is 5.56 Å². The highest BCUT2D eigenvalue weighted by molar-refractivity contribution is 6.13. The van der Waals surface area contributed by atoms with Crippen molar-refractivity contribution in [1.29, 1.82) is 5.26 Å². The summed E-state index contributed by atoms with van der Waals surface area (Å²) in [6, 6.07) is 9.01. The van der Waals surface area contributed by atoms with Crippen LogP contribution in [0.4, 0.5) is 0 Å². The molecule has 0 atom stereocenters. The summed E-state index contributed by atoms with van der Waals surface area (Å²) in [5.41, 5.74) is 7.33. The van der Waals surface area contributed by atoms with Gasteiger partial charge in [0.25, 0.3) is 0 Å². The summed E-state index contributed by atoms with van der Waals surface area (Å²) in [6.45, 7) is 1.88. The second-order valence-corrected chi connectivity index (χ2v) is 3.60. The lowest BCUT2D eigenvalue weighted by Gasteiger charge is -2.03. The maximum atomic E-state index is 11.7. The van der Waals surface area contributed by atoms with Gasteiger partial charge in [0.1, 0.15) is 11.9 Å². The summed E-state index contributed by atoms with van der Waals surface area (Å²) >= 11 is 0. The number of ether oxygens (including phenoxy) is 1. The Bertz CT molecular complexity index is 609. The molecule has 1 aromatic rings.